The number of hydrogen-bond donors (Lipinski definition) is 1. The number of amides is 1. The van der Waals surface area contributed by atoms with Crippen LogP contribution in [0.3, 0.4) is 0 Å². The van der Waals surface area contributed by atoms with Crippen molar-refractivity contribution in [1.82, 2.24) is 25.2 Å². The predicted molar refractivity (Wildman–Crippen MR) is 212 cm³/mol. The van der Waals surface area contributed by atoms with Gasteiger partial charge in [0.1, 0.15) is 11.9 Å². The summed E-state index contributed by atoms with van der Waals surface area (Å²) in [5, 5.41) is 20.2. The molecule has 11 nitrogen and oxygen atoms in total. The van der Waals surface area contributed by atoms with Gasteiger partial charge in [0.05, 0.1) is 5.70 Å². The lowest BCUT2D eigenvalue weighted by Crippen LogP contribution is -2.53. The van der Waals surface area contributed by atoms with Gasteiger partial charge in [-0.15, -0.1) is 0 Å². The second-order valence-electron chi connectivity index (χ2n) is 21.0. The van der Waals surface area contributed by atoms with Crippen LogP contribution < -0.4 is 4.90 Å². The second-order valence-corrected chi connectivity index (χ2v) is 21.0. The molecule has 10 aliphatic rings. The predicted octanol–water partition coefficient (Wildman–Crippen LogP) is 9.36. The highest BCUT2D eigenvalue weighted by atomic mass is 19.3. The van der Waals surface area contributed by atoms with Crippen LogP contribution in [0.1, 0.15) is 176 Å². The fourth-order valence-electron chi connectivity index (χ4n) is 12.0. The first-order valence-corrected chi connectivity index (χ1v) is 22.6. The highest BCUT2D eigenvalue weighted by Crippen LogP contribution is 2.60. The van der Waals surface area contributed by atoms with E-state index in [9.17, 15) is 18.7 Å². The molecule has 0 saturated heterocycles. The number of hydrogen-bond acceptors (Lipinski definition) is 10. The maximum absolute atomic E-state index is 14.5. The molecule has 59 heavy (non-hydrogen) atoms. The van der Waals surface area contributed by atoms with Gasteiger partial charge in [-0.25, -0.2) is 8.78 Å². The Kier molecular flexibility index (Phi) is 8.76. The number of anilines is 1. The molecule has 9 fully saturated rings. The first kappa shape index (κ1) is 38.1. The van der Waals surface area contributed by atoms with Crippen molar-refractivity contribution in [2.24, 2.45) is 22.7 Å². The van der Waals surface area contributed by atoms with Gasteiger partial charge in [-0.2, -0.15) is 9.97 Å². The molecule has 2 aromatic heterocycles. The number of carbonyl (C=O) groups is 1. The van der Waals surface area contributed by atoms with Crippen molar-refractivity contribution in [3.05, 3.63) is 65.2 Å². The summed E-state index contributed by atoms with van der Waals surface area (Å²) < 4.78 is 45.7. The van der Waals surface area contributed by atoms with E-state index in [4.69, 9.17) is 23.8 Å². The van der Waals surface area contributed by atoms with Gasteiger partial charge < -0.3 is 28.7 Å². The molecule has 316 valence electrons. The van der Waals surface area contributed by atoms with E-state index in [1.165, 1.54) is 0 Å². The summed E-state index contributed by atoms with van der Waals surface area (Å²) in [6.45, 7) is 4.90. The van der Waals surface area contributed by atoms with E-state index in [-0.39, 0.29) is 40.4 Å². The zero-order chi connectivity index (χ0) is 40.4. The van der Waals surface area contributed by atoms with E-state index in [0.717, 1.165) is 150 Å². The fourth-order valence-corrected chi connectivity index (χ4v) is 12.0. The summed E-state index contributed by atoms with van der Waals surface area (Å²) in [5.74, 6) is 3.05. The minimum Gasteiger partial charge on any atom is -0.472 e. The molecular formula is C46H58F2N6O5. The minimum atomic E-state index is -2.41. The highest BCUT2D eigenvalue weighted by molar-refractivity contribution is 5.95. The van der Waals surface area contributed by atoms with Crippen molar-refractivity contribution < 1.29 is 32.5 Å². The van der Waals surface area contributed by atoms with Crippen LogP contribution in [0.25, 0.3) is 0 Å². The van der Waals surface area contributed by atoms with Gasteiger partial charge >= 0.3 is 0 Å². The topological polar surface area (TPSA) is 131 Å². The Balaban J connectivity index is 0.843. The Labute approximate surface area is 344 Å². The molecule has 0 radical (unpaired) electrons. The smallest absolute Gasteiger partial charge is 0.241 e. The van der Waals surface area contributed by atoms with E-state index < -0.39 is 30.1 Å². The lowest BCUT2D eigenvalue weighted by atomic mass is 9.53. The molecular weight excluding hydrogens is 755 g/mol. The lowest BCUT2D eigenvalue weighted by molar-refractivity contribution is -0.129. The van der Waals surface area contributed by atoms with Crippen LogP contribution in [0.2, 0.25) is 0 Å². The zero-order valence-electron chi connectivity index (χ0n) is 34.5. The van der Waals surface area contributed by atoms with Crippen molar-refractivity contribution in [3.63, 3.8) is 0 Å². The van der Waals surface area contributed by atoms with Crippen molar-refractivity contribution in [1.29, 1.82) is 0 Å². The summed E-state index contributed by atoms with van der Waals surface area (Å²) >= 11 is 0. The molecule has 13 heteroatoms. The average Bonchev–Trinajstić information content (AvgIpc) is 4.10. The molecule has 1 atom stereocenters. The Morgan fingerprint density at radius 3 is 1.90 bits per heavy atom. The van der Waals surface area contributed by atoms with Crippen molar-refractivity contribution >= 4 is 11.6 Å². The lowest BCUT2D eigenvalue weighted by Gasteiger charge is -2.54. The first-order chi connectivity index (χ1) is 28.3. The Morgan fingerprint density at radius 2 is 1.39 bits per heavy atom. The van der Waals surface area contributed by atoms with E-state index in [1.54, 1.807) is 6.26 Å². The number of ether oxygens (including phenoxy) is 1. The molecule has 13 rings (SSSR count). The Bertz CT molecular complexity index is 2080. The second kappa shape index (κ2) is 13.6. The molecule has 9 aliphatic carbocycles. The summed E-state index contributed by atoms with van der Waals surface area (Å²) in [4.78, 5) is 28.5. The number of nitrogens with zero attached hydrogens (tertiary/aromatic N) is 6. The Hall–Kier alpha value is -3.87. The van der Waals surface area contributed by atoms with Gasteiger partial charge in [0.15, 0.2) is 17.9 Å². The van der Waals surface area contributed by atoms with Crippen molar-refractivity contribution in [2.45, 2.75) is 170 Å². The number of aliphatic hydroxyl groups is 1. The normalized spacial score (nSPS) is 35.2. The molecule has 4 bridgehead atoms. The average molecular weight is 813 g/mol. The van der Waals surface area contributed by atoms with Gasteiger partial charge in [-0.1, -0.05) is 22.4 Å². The fraction of sp³-hybridized carbons (Fsp3) is 0.717. The molecule has 9 saturated carbocycles. The third-order valence-corrected chi connectivity index (χ3v) is 16.6. The van der Waals surface area contributed by atoms with Crippen LogP contribution in [0, 0.1) is 22.7 Å². The number of halogens is 2. The largest absolute Gasteiger partial charge is 0.472 e. The number of carbonyl (C=O) groups excluding carboxylic acids is 1. The van der Waals surface area contributed by atoms with Crippen LogP contribution in [0.4, 0.5) is 14.5 Å². The van der Waals surface area contributed by atoms with Crippen LogP contribution in [0.15, 0.2) is 45.3 Å². The number of aromatic nitrogens is 4. The number of rotatable bonds is 13. The molecule has 1 N–H and O–H groups in total. The first-order valence-electron chi connectivity index (χ1n) is 22.6. The number of fused-ring (bicyclic) bond motifs is 6. The summed E-state index contributed by atoms with van der Waals surface area (Å²) in [6.07, 6.45) is 15.5. The molecule has 1 aromatic carbocycles. The highest BCUT2D eigenvalue weighted by Gasteiger charge is 2.56. The van der Waals surface area contributed by atoms with Gasteiger partial charge in [-0.3, -0.25) is 4.79 Å². The van der Waals surface area contributed by atoms with Crippen molar-refractivity contribution in [3.8, 4) is 0 Å². The summed E-state index contributed by atoms with van der Waals surface area (Å²) in [7, 11) is 0. The van der Waals surface area contributed by atoms with Crippen molar-refractivity contribution in [2.75, 3.05) is 18.0 Å². The SMILES string of the molecule is CC(C)(O)C1=COC(c2cccc(N(CC34CCC(c5nc(C6CC6)no5)(CC3)CC4)C(=O)C3CC(C(F)F)C3)c2)N1CC12CCC(c3nc(C4CC4)no3)(CC1)CC2. The van der Waals surface area contributed by atoms with Crippen LogP contribution in [0.5, 0.6) is 0 Å². The van der Waals surface area contributed by atoms with Crippen LogP contribution in [-0.2, 0) is 20.4 Å². The van der Waals surface area contributed by atoms with E-state index in [2.05, 4.69) is 21.3 Å². The molecule has 1 aliphatic heterocycles. The van der Waals surface area contributed by atoms with Crippen LogP contribution in [-0.4, -0.2) is 61.3 Å². The zero-order valence-corrected chi connectivity index (χ0v) is 34.5. The number of benzene rings is 1. The van der Waals surface area contributed by atoms with Gasteiger partial charge in [0.2, 0.25) is 24.1 Å². The molecule has 1 amide bonds. The maximum atomic E-state index is 14.5. The molecule has 3 aromatic rings. The Morgan fingerprint density at radius 1 is 0.847 bits per heavy atom. The van der Waals surface area contributed by atoms with E-state index >= 15 is 0 Å². The molecule has 0 spiro atoms. The summed E-state index contributed by atoms with van der Waals surface area (Å²) in [6, 6.07) is 8.10. The van der Waals surface area contributed by atoms with Gasteiger partial charge in [0.25, 0.3) is 0 Å². The number of alkyl halides is 2. The summed E-state index contributed by atoms with van der Waals surface area (Å²) in [5.41, 5.74) is 1.09. The van der Waals surface area contributed by atoms with Crippen LogP contribution >= 0.6 is 0 Å². The van der Waals surface area contributed by atoms with Gasteiger partial charge in [0, 0.05) is 58.8 Å². The third kappa shape index (κ3) is 6.61. The monoisotopic (exact) mass is 812 g/mol. The molecule has 1 unspecified atom stereocenters. The molecule has 3 heterocycles. The van der Waals surface area contributed by atoms with Gasteiger partial charge in [-0.05, 0) is 152 Å². The third-order valence-electron chi connectivity index (χ3n) is 16.6. The maximum Gasteiger partial charge on any atom is 0.241 e. The van der Waals surface area contributed by atoms with E-state index in [1.807, 2.05) is 36.9 Å². The quantitative estimate of drug-likeness (QED) is 0.178. The minimum absolute atomic E-state index is 0.0412. The van der Waals surface area contributed by atoms with E-state index in [0.29, 0.717) is 18.4 Å². The standard InChI is InChI=1S/C46H58F2N6O5/c1-42(2,56)34-25-57-39(54(34)27-44-13-19-46(20-14-44,21-15-44)41-50-37(52-59-41)29-8-9-29)30-4-3-5-33(24-30)53(38(55)32-22-31(23-32)35(47)48)26-43-10-16-45(17-11-43,18-12-43)40-49-36(51-58-40)28-6-7-28/h3-5,24-25,28-29,31-32,35,39,56H,6-23,26-27H2,1-2H3.